The van der Waals surface area contributed by atoms with Crippen molar-refractivity contribution in [3.63, 3.8) is 0 Å². The molecule has 2 unspecified atom stereocenters. The molecule has 1 N–H and O–H groups in total. The highest BCUT2D eigenvalue weighted by Crippen LogP contribution is 2.22. The van der Waals surface area contributed by atoms with Crippen molar-refractivity contribution in [2.75, 3.05) is 13.6 Å². The molecule has 1 amide bonds. The largest absolute Gasteiger partial charge is 0.343 e. The van der Waals surface area contributed by atoms with Crippen molar-refractivity contribution in [3.05, 3.63) is 35.9 Å². The second-order valence-electron chi connectivity index (χ2n) is 5.69. The molecule has 1 aromatic carbocycles. The summed E-state index contributed by atoms with van der Waals surface area (Å²) < 4.78 is 0. The lowest BCUT2D eigenvalue weighted by Gasteiger charge is -2.28. The Kier molecular flexibility index (Phi) is 6.90. The van der Waals surface area contributed by atoms with Crippen LogP contribution in [0.25, 0.3) is 0 Å². The highest BCUT2D eigenvalue weighted by Gasteiger charge is 2.23. The Morgan fingerprint density at radius 3 is 2.43 bits per heavy atom. The summed E-state index contributed by atoms with van der Waals surface area (Å²) in [5.41, 5.74) is 1.19. The van der Waals surface area contributed by atoms with Gasteiger partial charge in [0, 0.05) is 19.6 Å². The molecule has 0 saturated heterocycles. The van der Waals surface area contributed by atoms with E-state index < -0.39 is 0 Å². The molecule has 0 aliphatic heterocycles. The fourth-order valence-corrected chi connectivity index (χ4v) is 2.33. The molecule has 0 fully saturated rings. The predicted molar refractivity (Wildman–Crippen MR) is 84.5 cm³/mol. The number of hydrogen-bond donors (Lipinski definition) is 1. The van der Waals surface area contributed by atoms with Crippen molar-refractivity contribution < 1.29 is 4.79 Å². The third-order valence-corrected chi connectivity index (χ3v) is 3.56. The monoisotopic (exact) mass is 287 g/mol. The van der Waals surface area contributed by atoms with E-state index in [4.69, 9.17) is 5.26 Å². The van der Waals surface area contributed by atoms with Gasteiger partial charge >= 0.3 is 0 Å². The molecule has 4 nitrogen and oxygen atoms in total. The number of benzene rings is 1. The molecule has 0 radical (unpaired) electrons. The van der Waals surface area contributed by atoms with Gasteiger partial charge in [0.15, 0.2) is 0 Å². The Morgan fingerprint density at radius 2 is 1.90 bits per heavy atom. The molecule has 0 bridgehead atoms. The second-order valence-corrected chi connectivity index (χ2v) is 5.69. The van der Waals surface area contributed by atoms with E-state index in [0.29, 0.717) is 18.9 Å². The number of likely N-dealkylation sites (N-methyl/N-ethyl adjacent to an activating group) is 1. The zero-order valence-electron chi connectivity index (χ0n) is 13.3. The van der Waals surface area contributed by atoms with Crippen molar-refractivity contribution in [2.45, 2.75) is 39.3 Å². The molecule has 0 aromatic heterocycles. The van der Waals surface area contributed by atoms with Crippen LogP contribution in [0.2, 0.25) is 0 Å². The van der Waals surface area contributed by atoms with E-state index in [1.807, 2.05) is 25.1 Å². The van der Waals surface area contributed by atoms with Crippen molar-refractivity contribution in [1.82, 2.24) is 10.2 Å². The zero-order valence-corrected chi connectivity index (χ0v) is 13.3. The second kappa shape index (κ2) is 8.43. The Bertz CT molecular complexity index is 479. The number of nitrogens with one attached hydrogen (secondary N) is 1. The van der Waals surface area contributed by atoms with E-state index in [2.05, 4.69) is 37.4 Å². The van der Waals surface area contributed by atoms with Crippen molar-refractivity contribution >= 4 is 5.91 Å². The van der Waals surface area contributed by atoms with Gasteiger partial charge in [-0.25, -0.2) is 0 Å². The molecule has 0 aliphatic carbocycles. The quantitative estimate of drug-likeness (QED) is 0.839. The molecular weight excluding hydrogens is 262 g/mol. The van der Waals surface area contributed by atoms with Crippen LogP contribution in [0, 0.1) is 17.2 Å². The molecule has 4 heteroatoms. The van der Waals surface area contributed by atoms with Gasteiger partial charge in [-0.1, -0.05) is 44.2 Å². The first-order chi connectivity index (χ1) is 9.97. The Labute approximate surface area is 127 Å². The van der Waals surface area contributed by atoms with Gasteiger partial charge in [-0.2, -0.15) is 5.26 Å². The minimum atomic E-state index is -0.277. The van der Waals surface area contributed by atoms with Crippen molar-refractivity contribution in [3.8, 4) is 6.07 Å². The van der Waals surface area contributed by atoms with Crippen LogP contribution in [-0.2, 0) is 4.79 Å². The standard InChI is InChI=1S/C17H25N3O/c1-13(2)16(15-9-6-5-7-10-15)19-14(3)17(21)20(4)12-8-11-18/h5-7,9-10,13-14,16,19H,8,12H2,1-4H3. The van der Waals surface area contributed by atoms with Gasteiger partial charge in [0.05, 0.1) is 18.5 Å². The van der Waals surface area contributed by atoms with E-state index in [-0.39, 0.29) is 18.0 Å². The number of carbonyl (C=O) groups is 1. The number of amides is 1. The molecule has 114 valence electrons. The lowest BCUT2D eigenvalue weighted by Crippen LogP contribution is -2.45. The predicted octanol–water partition coefficient (Wildman–Crippen LogP) is 2.73. The third kappa shape index (κ3) is 5.20. The minimum Gasteiger partial charge on any atom is -0.343 e. The van der Waals surface area contributed by atoms with E-state index >= 15 is 0 Å². The summed E-state index contributed by atoms with van der Waals surface area (Å²) in [7, 11) is 1.74. The van der Waals surface area contributed by atoms with E-state index in [9.17, 15) is 4.79 Å². The molecule has 21 heavy (non-hydrogen) atoms. The molecule has 2 atom stereocenters. The van der Waals surface area contributed by atoms with Crippen LogP contribution in [0.5, 0.6) is 0 Å². The highest BCUT2D eigenvalue weighted by molar-refractivity contribution is 5.81. The van der Waals surface area contributed by atoms with Gasteiger partial charge in [0.1, 0.15) is 0 Å². The maximum Gasteiger partial charge on any atom is 0.239 e. The number of hydrogen-bond acceptors (Lipinski definition) is 3. The number of rotatable bonds is 7. The maximum absolute atomic E-state index is 12.3. The van der Waals surface area contributed by atoms with Crippen LogP contribution in [0.1, 0.15) is 38.8 Å². The molecule has 0 saturated carbocycles. The smallest absolute Gasteiger partial charge is 0.239 e. The molecule has 0 spiro atoms. The van der Waals surface area contributed by atoms with Crippen LogP contribution in [0.3, 0.4) is 0 Å². The number of nitrogens with zero attached hydrogens (tertiary/aromatic N) is 2. The average Bonchev–Trinajstić information content (AvgIpc) is 2.49. The first-order valence-corrected chi connectivity index (χ1v) is 7.40. The fraction of sp³-hybridized carbons (Fsp3) is 0.529. The maximum atomic E-state index is 12.3. The summed E-state index contributed by atoms with van der Waals surface area (Å²) in [6, 6.07) is 12.1. The lowest BCUT2D eigenvalue weighted by molar-refractivity contribution is -0.131. The average molecular weight is 287 g/mol. The van der Waals surface area contributed by atoms with Gasteiger partial charge in [-0.3, -0.25) is 10.1 Å². The zero-order chi connectivity index (χ0) is 15.8. The van der Waals surface area contributed by atoms with Gasteiger partial charge in [0.2, 0.25) is 5.91 Å². The molecule has 0 aliphatic rings. The summed E-state index contributed by atoms with van der Waals surface area (Å²) in [6.45, 7) is 6.63. The van der Waals surface area contributed by atoms with Crippen molar-refractivity contribution in [1.29, 1.82) is 5.26 Å². The third-order valence-electron chi connectivity index (χ3n) is 3.56. The van der Waals surface area contributed by atoms with Gasteiger partial charge in [-0.15, -0.1) is 0 Å². The van der Waals surface area contributed by atoms with E-state index in [1.165, 1.54) is 5.56 Å². The molecular formula is C17H25N3O. The van der Waals surface area contributed by atoms with E-state index in [1.54, 1.807) is 11.9 Å². The highest BCUT2D eigenvalue weighted by atomic mass is 16.2. The van der Waals surface area contributed by atoms with Gasteiger partial charge in [0.25, 0.3) is 0 Å². The van der Waals surface area contributed by atoms with Crippen LogP contribution in [0.4, 0.5) is 0 Å². The Hall–Kier alpha value is -1.86. The summed E-state index contributed by atoms with van der Waals surface area (Å²) >= 11 is 0. The Balaban J connectivity index is 2.72. The first kappa shape index (κ1) is 17.2. The van der Waals surface area contributed by atoms with E-state index in [0.717, 1.165) is 0 Å². The molecule has 0 heterocycles. The van der Waals surface area contributed by atoms with Crippen LogP contribution in [-0.4, -0.2) is 30.4 Å². The SMILES string of the molecule is CC(NC(c1ccccc1)C(C)C)C(=O)N(C)CCC#N. The summed E-state index contributed by atoms with van der Waals surface area (Å²) in [4.78, 5) is 13.9. The Morgan fingerprint density at radius 1 is 1.29 bits per heavy atom. The summed E-state index contributed by atoms with van der Waals surface area (Å²) in [5.74, 6) is 0.402. The van der Waals surface area contributed by atoms with Crippen LogP contribution >= 0.6 is 0 Å². The van der Waals surface area contributed by atoms with Gasteiger partial charge in [-0.05, 0) is 18.4 Å². The fourth-order valence-electron chi connectivity index (χ4n) is 2.33. The van der Waals surface area contributed by atoms with Crippen LogP contribution in [0.15, 0.2) is 30.3 Å². The number of carbonyl (C=O) groups excluding carboxylic acids is 1. The number of nitriles is 1. The molecule has 1 rings (SSSR count). The van der Waals surface area contributed by atoms with Gasteiger partial charge < -0.3 is 4.90 Å². The minimum absolute atomic E-state index is 0.0202. The summed E-state index contributed by atoms with van der Waals surface area (Å²) in [5, 5.41) is 12.0. The first-order valence-electron chi connectivity index (χ1n) is 7.40. The summed E-state index contributed by atoms with van der Waals surface area (Å²) in [6.07, 6.45) is 0.362. The van der Waals surface area contributed by atoms with Crippen LogP contribution < -0.4 is 5.32 Å². The molecule has 1 aromatic rings. The van der Waals surface area contributed by atoms with Crippen molar-refractivity contribution in [2.24, 2.45) is 5.92 Å². The topological polar surface area (TPSA) is 56.1 Å². The lowest BCUT2D eigenvalue weighted by atomic mass is 9.95. The normalized spacial score (nSPS) is 13.5.